The molecule has 0 amide bonds. The molecule has 0 saturated carbocycles. The Balaban J connectivity index is 2.63. The van der Waals surface area contributed by atoms with Crippen LogP contribution in [0.1, 0.15) is 24.7 Å². The van der Waals surface area contributed by atoms with E-state index >= 15 is 0 Å². The molecule has 0 N–H and O–H groups in total. The highest BCUT2D eigenvalue weighted by molar-refractivity contribution is 5.72. The van der Waals surface area contributed by atoms with Gasteiger partial charge in [-0.1, -0.05) is 5.92 Å². The number of carbonyl (C=O) groups is 1. The lowest BCUT2D eigenvalue weighted by molar-refractivity contribution is -0.141. The molecule has 84 valence electrons. The number of aromatic nitrogens is 1. The molecule has 0 spiro atoms. The summed E-state index contributed by atoms with van der Waals surface area (Å²) in [7, 11) is 0. The molecule has 0 radical (unpaired) electrons. The van der Waals surface area contributed by atoms with Crippen molar-refractivity contribution < 1.29 is 13.9 Å². The van der Waals surface area contributed by atoms with Crippen LogP contribution in [0.3, 0.4) is 0 Å². The molecule has 0 aliphatic rings. The number of ether oxygens (including phenoxy) is 1. The van der Waals surface area contributed by atoms with Crippen LogP contribution in [0.15, 0.2) is 12.1 Å². The lowest BCUT2D eigenvalue weighted by atomic mass is 10.3. The molecule has 16 heavy (non-hydrogen) atoms. The number of hydrogen-bond donors (Lipinski definition) is 0. The van der Waals surface area contributed by atoms with Crippen LogP contribution in [0.25, 0.3) is 0 Å². The fourth-order valence-electron chi connectivity index (χ4n) is 1.03. The molecule has 0 atom stereocenters. The summed E-state index contributed by atoms with van der Waals surface area (Å²) in [6, 6.07) is 2.77. The van der Waals surface area contributed by atoms with Gasteiger partial charge in [-0.25, -0.2) is 9.37 Å². The number of aryl methyl sites for hydroxylation is 1. The zero-order chi connectivity index (χ0) is 12.0. The quantitative estimate of drug-likeness (QED) is 0.565. The molecule has 0 unspecified atom stereocenters. The average molecular weight is 221 g/mol. The SMILES string of the molecule is CCOC(=O)CC#Cc1ccc(F)c(C)n1. The van der Waals surface area contributed by atoms with Gasteiger partial charge >= 0.3 is 5.97 Å². The van der Waals surface area contributed by atoms with Crippen molar-refractivity contribution in [2.45, 2.75) is 20.3 Å². The summed E-state index contributed by atoms with van der Waals surface area (Å²) in [6.45, 7) is 3.64. The normalized spacial score (nSPS) is 9.19. The minimum Gasteiger partial charge on any atom is -0.465 e. The Hall–Kier alpha value is -1.89. The van der Waals surface area contributed by atoms with Gasteiger partial charge in [0.1, 0.15) is 17.9 Å². The molecule has 0 fully saturated rings. The highest BCUT2D eigenvalue weighted by Gasteiger charge is 1.99. The van der Waals surface area contributed by atoms with E-state index in [1.165, 1.54) is 12.1 Å². The third kappa shape index (κ3) is 3.70. The minimum absolute atomic E-state index is 0.0198. The van der Waals surface area contributed by atoms with Crippen LogP contribution in [0.4, 0.5) is 4.39 Å². The predicted molar refractivity (Wildman–Crippen MR) is 57.1 cm³/mol. The largest absolute Gasteiger partial charge is 0.465 e. The van der Waals surface area contributed by atoms with Gasteiger partial charge in [0.25, 0.3) is 0 Å². The number of hydrogen-bond acceptors (Lipinski definition) is 3. The molecule has 0 aromatic carbocycles. The summed E-state index contributed by atoms with van der Waals surface area (Å²) in [5.41, 5.74) is 0.742. The first-order valence-corrected chi connectivity index (χ1v) is 4.91. The second-order valence-corrected chi connectivity index (χ2v) is 3.05. The van der Waals surface area contributed by atoms with Crippen LogP contribution >= 0.6 is 0 Å². The summed E-state index contributed by atoms with van der Waals surface area (Å²) in [4.78, 5) is 14.9. The summed E-state index contributed by atoms with van der Waals surface area (Å²) < 4.78 is 17.6. The second kappa shape index (κ2) is 5.86. The number of rotatable bonds is 2. The Labute approximate surface area is 93.6 Å². The van der Waals surface area contributed by atoms with Gasteiger partial charge in [-0.05, 0) is 31.9 Å². The van der Waals surface area contributed by atoms with E-state index < -0.39 is 0 Å². The maximum absolute atomic E-state index is 12.9. The predicted octanol–water partition coefficient (Wildman–Crippen LogP) is 1.83. The Morgan fingerprint density at radius 2 is 2.31 bits per heavy atom. The monoisotopic (exact) mass is 221 g/mol. The highest BCUT2D eigenvalue weighted by atomic mass is 19.1. The van der Waals surface area contributed by atoms with Crippen LogP contribution in [0, 0.1) is 24.6 Å². The standard InChI is InChI=1S/C12H12FNO2/c1-3-16-12(15)6-4-5-10-7-8-11(13)9(2)14-10/h7-8H,3,6H2,1-2H3. The Kier molecular flexibility index (Phi) is 4.46. The van der Waals surface area contributed by atoms with Gasteiger partial charge in [0, 0.05) is 0 Å². The first-order valence-electron chi connectivity index (χ1n) is 4.91. The van der Waals surface area contributed by atoms with Crippen molar-refractivity contribution in [1.82, 2.24) is 4.98 Å². The van der Waals surface area contributed by atoms with Crippen molar-refractivity contribution in [3.8, 4) is 11.8 Å². The van der Waals surface area contributed by atoms with Crippen molar-refractivity contribution in [1.29, 1.82) is 0 Å². The molecule has 0 aliphatic carbocycles. The fraction of sp³-hybridized carbons (Fsp3) is 0.333. The number of esters is 1. The van der Waals surface area contributed by atoms with E-state index in [1.807, 2.05) is 0 Å². The van der Waals surface area contributed by atoms with E-state index in [0.717, 1.165) is 0 Å². The van der Waals surface area contributed by atoms with Gasteiger partial charge in [0.05, 0.1) is 12.3 Å². The van der Waals surface area contributed by atoms with Gasteiger partial charge in [0.2, 0.25) is 0 Å². The topological polar surface area (TPSA) is 39.2 Å². The van der Waals surface area contributed by atoms with Crippen LogP contribution in [0.2, 0.25) is 0 Å². The molecule has 1 heterocycles. The molecule has 3 nitrogen and oxygen atoms in total. The van der Waals surface area contributed by atoms with E-state index in [1.54, 1.807) is 13.8 Å². The minimum atomic E-state index is -0.367. The van der Waals surface area contributed by atoms with Gasteiger partial charge in [-0.15, -0.1) is 0 Å². The molecule has 4 heteroatoms. The number of pyridine rings is 1. The van der Waals surface area contributed by atoms with Gasteiger partial charge in [-0.2, -0.15) is 0 Å². The van der Waals surface area contributed by atoms with Crippen LogP contribution in [-0.2, 0) is 9.53 Å². The first-order chi connectivity index (χ1) is 7.63. The van der Waals surface area contributed by atoms with Gasteiger partial charge in [0.15, 0.2) is 0 Å². The molecular formula is C12H12FNO2. The smallest absolute Gasteiger partial charge is 0.317 e. The van der Waals surface area contributed by atoms with Crippen molar-refractivity contribution >= 4 is 5.97 Å². The third-order valence-corrected chi connectivity index (χ3v) is 1.78. The zero-order valence-corrected chi connectivity index (χ0v) is 9.21. The summed E-state index contributed by atoms with van der Waals surface area (Å²) in [5, 5.41) is 0. The lowest BCUT2D eigenvalue weighted by Gasteiger charge is -1.96. The van der Waals surface area contributed by atoms with Crippen LogP contribution in [0.5, 0.6) is 0 Å². The second-order valence-electron chi connectivity index (χ2n) is 3.05. The molecule has 0 bridgehead atoms. The van der Waals surface area contributed by atoms with Crippen molar-refractivity contribution in [3.63, 3.8) is 0 Å². The molecular weight excluding hydrogens is 209 g/mol. The number of carbonyl (C=O) groups excluding carboxylic acids is 1. The maximum Gasteiger partial charge on any atom is 0.317 e. The number of halogens is 1. The fourth-order valence-corrected chi connectivity index (χ4v) is 1.03. The van der Waals surface area contributed by atoms with E-state index in [-0.39, 0.29) is 18.2 Å². The van der Waals surface area contributed by atoms with E-state index in [0.29, 0.717) is 18.0 Å². The molecule has 1 aromatic heterocycles. The summed E-state index contributed by atoms with van der Waals surface area (Å²) in [6.07, 6.45) is 0.0198. The summed E-state index contributed by atoms with van der Waals surface area (Å²) in [5.74, 6) is 4.57. The molecule has 0 aliphatic heterocycles. The highest BCUT2D eigenvalue weighted by Crippen LogP contribution is 2.03. The van der Waals surface area contributed by atoms with Crippen molar-refractivity contribution in [2.24, 2.45) is 0 Å². The third-order valence-electron chi connectivity index (χ3n) is 1.78. The van der Waals surface area contributed by atoms with Crippen LogP contribution in [-0.4, -0.2) is 17.6 Å². The molecule has 1 rings (SSSR count). The summed E-state index contributed by atoms with van der Waals surface area (Å²) >= 11 is 0. The Morgan fingerprint density at radius 1 is 1.56 bits per heavy atom. The molecule has 0 saturated heterocycles. The Bertz CT molecular complexity index is 446. The van der Waals surface area contributed by atoms with E-state index in [9.17, 15) is 9.18 Å². The van der Waals surface area contributed by atoms with E-state index in [2.05, 4.69) is 16.8 Å². The zero-order valence-electron chi connectivity index (χ0n) is 9.21. The number of nitrogens with zero attached hydrogens (tertiary/aromatic N) is 1. The van der Waals surface area contributed by atoms with Crippen molar-refractivity contribution in [3.05, 3.63) is 29.3 Å². The first kappa shape index (κ1) is 12.2. The van der Waals surface area contributed by atoms with Crippen molar-refractivity contribution in [2.75, 3.05) is 6.61 Å². The lowest BCUT2D eigenvalue weighted by Crippen LogP contribution is -2.01. The van der Waals surface area contributed by atoms with E-state index in [4.69, 9.17) is 4.74 Å². The average Bonchev–Trinajstić information content (AvgIpc) is 2.24. The Morgan fingerprint density at radius 3 is 2.94 bits per heavy atom. The van der Waals surface area contributed by atoms with Gasteiger partial charge < -0.3 is 4.74 Å². The maximum atomic E-state index is 12.9. The van der Waals surface area contributed by atoms with Gasteiger partial charge in [-0.3, -0.25) is 4.79 Å². The molecule has 1 aromatic rings. The van der Waals surface area contributed by atoms with Crippen LogP contribution < -0.4 is 0 Å².